The van der Waals surface area contributed by atoms with Crippen LogP contribution in [0.1, 0.15) is 52.9 Å². The number of ether oxygens (including phenoxy) is 2. The normalized spacial score (nSPS) is 39.4. The van der Waals surface area contributed by atoms with E-state index >= 15 is 0 Å². The summed E-state index contributed by atoms with van der Waals surface area (Å²) in [6, 6.07) is 0. The van der Waals surface area contributed by atoms with E-state index in [2.05, 4.69) is 0 Å². The van der Waals surface area contributed by atoms with Gasteiger partial charge in [0.1, 0.15) is 5.78 Å². The van der Waals surface area contributed by atoms with Crippen LogP contribution in [0.2, 0.25) is 0 Å². The maximum Gasteiger partial charge on any atom is 0.323 e. The van der Waals surface area contributed by atoms with E-state index in [1.807, 2.05) is 0 Å². The number of fused-ring (bicyclic) bond motifs is 3. The van der Waals surface area contributed by atoms with Crippen molar-refractivity contribution in [1.82, 2.24) is 0 Å². The van der Waals surface area contributed by atoms with E-state index in [0.717, 1.165) is 0 Å². The molecule has 3 saturated carbocycles. The highest BCUT2D eigenvalue weighted by Gasteiger charge is 2.73. The molecule has 0 aromatic heterocycles. The van der Waals surface area contributed by atoms with Crippen molar-refractivity contribution in [2.75, 3.05) is 13.2 Å². The van der Waals surface area contributed by atoms with Gasteiger partial charge in [0.05, 0.1) is 24.2 Å². The molecule has 0 aromatic carbocycles. The van der Waals surface area contributed by atoms with Crippen molar-refractivity contribution in [2.45, 2.75) is 58.5 Å². The van der Waals surface area contributed by atoms with Crippen LogP contribution in [0, 0.1) is 22.7 Å². The number of rotatable bonds is 4. The monoisotopic (exact) mass is 338 g/mol. The molecule has 0 aromatic rings. The van der Waals surface area contributed by atoms with Gasteiger partial charge in [-0.1, -0.05) is 0 Å². The molecule has 0 aliphatic heterocycles. The largest absolute Gasteiger partial charge is 0.465 e. The number of Topliss-reactive ketones (excluding diaryl/α,β-unsaturated/α-hetero) is 1. The summed E-state index contributed by atoms with van der Waals surface area (Å²) in [6.07, 6.45) is 1.81. The van der Waals surface area contributed by atoms with Gasteiger partial charge in [-0.25, -0.2) is 0 Å². The van der Waals surface area contributed by atoms with Crippen molar-refractivity contribution in [1.29, 1.82) is 0 Å². The number of carbonyl (C=O) groups is 3. The lowest BCUT2D eigenvalue weighted by Crippen LogP contribution is -2.47. The first-order valence-electron chi connectivity index (χ1n) is 8.85. The third-order valence-electron chi connectivity index (χ3n) is 6.73. The lowest BCUT2D eigenvalue weighted by molar-refractivity contribution is -0.173. The third-order valence-corrected chi connectivity index (χ3v) is 6.73. The zero-order chi connectivity index (χ0) is 17.8. The van der Waals surface area contributed by atoms with Gasteiger partial charge in [0.15, 0.2) is 5.41 Å². The predicted molar refractivity (Wildman–Crippen MR) is 83.8 cm³/mol. The Morgan fingerprint density at radius 3 is 2.25 bits per heavy atom. The van der Waals surface area contributed by atoms with Crippen LogP contribution in [0.3, 0.4) is 0 Å². The van der Waals surface area contributed by atoms with Crippen molar-refractivity contribution in [3.05, 3.63) is 0 Å². The van der Waals surface area contributed by atoms with E-state index in [1.54, 1.807) is 20.8 Å². The summed E-state index contributed by atoms with van der Waals surface area (Å²) in [4.78, 5) is 37.7. The van der Waals surface area contributed by atoms with Crippen molar-refractivity contribution in [3.63, 3.8) is 0 Å². The Morgan fingerprint density at radius 1 is 1.12 bits per heavy atom. The Kier molecular flexibility index (Phi) is 4.02. The van der Waals surface area contributed by atoms with Crippen LogP contribution in [-0.2, 0) is 23.9 Å². The lowest BCUT2D eigenvalue weighted by atomic mass is 9.69. The zero-order valence-corrected chi connectivity index (χ0v) is 14.6. The van der Waals surface area contributed by atoms with Gasteiger partial charge in [0.25, 0.3) is 0 Å². The maximum atomic E-state index is 12.6. The number of carbonyl (C=O) groups excluding carboxylic acids is 3. The van der Waals surface area contributed by atoms with Gasteiger partial charge in [-0.2, -0.15) is 0 Å². The van der Waals surface area contributed by atoms with Crippen LogP contribution in [0.25, 0.3) is 0 Å². The van der Waals surface area contributed by atoms with Gasteiger partial charge in [0, 0.05) is 6.42 Å². The Hall–Kier alpha value is -1.43. The molecule has 3 fully saturated rings. The highest BCUT2D eigenvalue weighted by Crippen LogP contribution is 2.68. The molecular formula is C18H26O6. The summed E-state index contributed by atoms with van der Waals surface area (Å²) in [5, 5.41) is 11.0. The van der Waals surface area contributed by atoms with Crippen LogP contribution < -0.4 is 0 Å². The van der Waals surface area contributed by atoms with Gasteiger partial charge < -0.3 is 14.6 Å². The van der Waals surface area contributed by atoms with E-state index in [0.29, 0.717) is 25.7 Å². The molecule has 6 heteroatoms. The van der Waals surface area contributed by atoms with Crippen LogP contribution in [0.4, 0.5) is 0 Å². The number of hydrogen-bond acceptors (Lipinski definition) is 6. The van der Waals surface area contributed by atoms with Crippen molar-refractivity contribution >= 4 is 17.7 Å². The van der Waals surface area contributed by atoms with E-state index in [4.69, 9.17) is 9.47 Å². The third kappa shape index (κ3) is 2.01. The summed E-state index contributed by atoms with van der Waals surface area (Å²) >= 11 is 0. The highest BCUT2D eigenvalue weighted by atomic mass is 16.6. The number of ketones is 1. The minimum atomic E-state index is -1.34. The average molecular weight is 338 g/mol. The van der Waals surface area contributed by atoms with E-state index in [9.17, 15) is 19.5 Å². The minimum Gasteiger partial charge on any atom is -0.465 e. The zero-order valence-electron chi connectivity index (χ0n) is 14.6. The van der Waals surface area contributed by atoms with Crippen LogP contribution >= 0.6 is 0 Å². The van der Waals surface area contributed by atoms with Crippen molar-refractivity contribution < 1.29 is 29.0 Å². The van der Waals surface area contributed by atoms with Gasteiger partial charge in [-0.15, -0.1) is 0 Å². The summed E-state index contributed by atoms with van der Waals surface area (Å²) in [5.74, 6) is -1.31. The molecule has 4 atom stereocenters. The molecule has 24 heavy (non-hydrogen) atoms. The second-order valence-corrected chi connectivity index (χ2v) is 7.66. The summed E-state index contributed by atoms with van der Waals surface area (Å²) < 4.78 is 10.3. The van der Waals surface area contributed by atoms with E-state index in [-0.39, 0.29) is 37.3 Å². The molecule has 0 bridgehead atoms. The fourth-order valence-corrected chi connectivity index (χ4v) is 5.46. The molecule has 0 unspecified atom stereocenters. The minimum absolute atomic E-state index is 0.0426. The van der Waals surface area contributed by atoms with Gasteiger partial charge in [-0.3, -0.25) is 14.4 Å². The second kappa shape index (κ2) is 5.55. The number of esters is 2. The fraction of sp³-hybridized carbons (Fsp3) is 0.833. The molecule has 0 radical (unpaired) electrons. The predicted octanol–water partition coefficient (Wildman–Crippen LogP) is 1.63. The first-order valence-corrected chi connectivity index (χ1v) is 8.85. The molecule has 0 spiro atoms. The number of hydrogen-bond donors (Lipinski definition) is 1. The molecule has 0 saturated heterocycles. The second-order valence-electron chi connectivity index (χ2n) is 7.66. The van der Waals surface area contributed by atoms with Crippen LogP contribution in [0.5, 0.6) is 0 Å². The Bertz CT molecular complexity index is 566. The smallest absolute Gasteiger partial charge is 0.323 e. The standard InChI is InChI=1S/C18H26O6/c1-4-23-14(20)17(15(21)24-5-2)8-11-9-18(22)7-6-13(19)16(18,3)12(11)10-17/h11-12,22H,4-10H2,1-3H3/t11-,12-,16-,18+/m1/s1. The van der Waals surface area contributed by atoms with Crippen LogP contribution in [-0.4, -0.2) is 41.6 Å². The molecular weight excluding hydrogens is 312 g/mol. The molecule has 134 valence electrons. The van der Waals surface area contributed by atoms with Crippen molar-refractivity contribution in [2.24, 2.45) is 22.7 Å². The number of aliphatic hydroxyl groups is 1. The van der Waals surface area contributed by atoms with E-state index < -0.39 is 28.4 Å². The molecule has 1 N–H and O–H groups in total. The Labute approximate surface area is 141 Å². The lowest BCUT2D eigenvalue weighted by Gasteiger charge is -2.37. The van der Waals surface area contributed by atoms with Gasteiger partial charge in [0.2, 0.25) is 0 Å². The maximum absolute atomic E-state index is 12.6. The molecule has 3 aliphatic rings. The summed E-state index contributed by atoms with van der Waals surface area (Å²) in [7, 11) is 0. The summed E-state index contributed by atoms with van der Waals surface area (Å²) in [6.45, 7) is 5.59. The quantitative estimate of drug-likeness (QED) is 0.619. The van der Waals surface area contributed by atoms with E-state index in [1.165, 1.54) is 0 Å². The van der Waals surface area contributed by atoms with Crippen LogP contribution in [0.15, 0.2) is 0 Å². The molecule has 3 aliphatic carbocycles. The topological polar surface area (TPSA) is 89.9 Å². The Balaban J connectivity index is 1.96. The SMILES string of the molecule is CCOC(=O)C1(C(=O)OCC)C[C@@H]2C[C@@]3(O)CCC(=O)[C@@]3(C)[C@@H]2C1. The van der Waals surface area contributed by atoms with Crippen molar-refractivity contribution in [3.8, 4) is 0 Å². The summed E-state index contributed by atoms with van der Waals surface area (Å²) in [5.41, 5.74) is -3.22. The van der Waals surface area contributed by atoms with Gasteiger partial charge in [-0.05, 0) is 58.3 Å². The molecule has 0 heterocycles. The fourth-order valence-electron chi connectivity index (χ4n) is 5.46. The average Bonchev–Trinajstić information content (AvgIpc) is 3.08. The molecule has 3 rings (SSSR count). The molecule has 0 amide bonds. The first kappa shape index (κ1) is 17.4. The first-order chi connectivity index (χ1) is 11.2. The highest BCUT2D eigenvalue weighted by molar-refractivity contribution is 6.01. The molecule has 6 nitrogen and oxygen atoms in total. The Morgan fingerprint density at radius 2 is 1.71 bits per heavy atom. The van der Waals surface area contributed by atoms with Gasteiger partial charge >= 0.3 is 11.9 Å².